The number of hydrogen-bond acceptors (Lipinski definition) is 5. The number of allylic oxidation sites excluding steroid dienone is 2. The third kappa shape index (κ3) is 10.1. The summed E-state index contributed by atoms with van der Waals surface area (Å²) in [5.74, 6) is -1.58. The van der Waals surface area contributed by atoms with Gasteiger partial charge in [-0.3, -0.25) is 14.4 Å². The minimum Gasteiger partial charge on any atom is -0.463 e. The van der Waals surface area contributed by atoms with Crippen molar-refractivity contribution in [1.82, 2.24) is 10.6 Å². The molecule has 3 rings (SSSR count). The van der Waals surface area contributed by atoms with Crippen molar-refractivity contribution in [3.8, 4) is 0 Å². The van der Waals surface area contributed by atoms with E-state index in [0.717, 1.165) is 24.0 Å². The predicted molar refractivity (Wildman–Crippen MR) is 147 cm³/mol. The number of amides is 2. The normalized spacial score (nSPS) is 22.0. The molecule has 0 fully saturated rings. The highest BCUT2D eigenvalue weighted by atomic mass is 16.5. The predicted octanol–water partition coefficient (Wildman–Crippen LogP) is 3.75. The average Bonchev–Trinajstić information content (AvgIpc) is 2.92. The van der Waals surface area contributed by atoms with Gasteiger partial charge in [0.1, 0.15) is 6.61 Å². The number of nitrogens with one attached hydrogen (secondary N) is 2. The average molecular weight is 521 g/mol. The van der Waals surface area contributed by atoms with E-state index in [1.807, 2.05) is 72.8 Å². The van der Waals surface area contributed by atoms with Crippen LogP contribution in [0.3, 0.4) is 0 Å². The highest BCUT2D eigenvalue weighted by Crippen LogP contribution is 2.19. The fourth-order valence-corrected chi connectivity index (χ4v) is 4.64. The Morgan fingerprint density at radius 2 is 1.71 bits per heavy atom. The van der Waals surface area contributed by atoms with Gasteiger partial charge < -0.3 is 20.5 Å². The SMILES string of the molecule is C[C@H]1COC(=O)[C@@H](Cc2ccccc2)CCCC=CC[C@H](CC(=O)N[C@H](CO)Cc2ccccc2)C(=O)N1. The third-order valence-electron chi connectivity index (χ3n) is 6.75. The van der Waals surface area contributed by atoms with Crippen molar-refractivity contribution >= 4 is 17.8 Å². The number of carbonyl (C=O) groups is 3. The number of cyclic esters (lactones) is 1. The highest BCUT2D eigenvalue weighted by Gasteiger charge is 2.25. The van der Waals surface area contributed by atoms with Crippen LogP contribution in [0.1, 0.15) is 50.2 Å². The first-order chi connectivity index (χ1) is 18.4. The van der Waals surface area contributed by atoms with Crippen molar-refractivity contribution in [1.29, 1.82) is 0 Å². The van der Waals surface area contributed by atoms with Crippen LogP contribution in [0.15, 0.2) is 72.8 Å². The van der Waals surface area contributed by atoms with Crippen molar-refractivity contribution in [2.24, 2.45) is 11.8 Å². The molecule has 0 aromatic heterocycles. The monoisotopic (exact) mass is 520 g/mol. The minimum absolute atomic E-state index is 0.00706. The number of esters is 1. The maximum Gasteiger partial charge on any atom is 0.309 e. The van der Waals surface area contributed by atoms with Crippen molar-refractivity contribution in [2.45, 2.75) is 64.0 Å². The van der Waals surface area contributed by atoms with Crippen LogP contribution in [0.5, 0.6) is 0 Å². The number of rotatable bonds is 8. The van der Waals surface area contributed by atoms with Gasteiger partial charge in [0.2, 0.25) is 11.8 Å². The van der Waals surface area contributed by atoms with Crippen molar-refractivity contribution in [3.05, 3.63) is 83.9 Å². The molecule has 2 aromatic rings. The molecule has 0 saturated carbocycles. The molecule has 2 amide bonds. The quantitative estimate of drug-likeness (QED) is 0.363. The van der Waals surface area contributed by atoms with Crippen LogP contribution in [-0.4, -0.2) is 48.2 Å². The molecule has 0 bridgehead atoms. The van der Waals surface area contributed by atoms with Crippen LogP contribution in [-0.2, 0) is 32.0 Å². The van der Waals surface area contributed by atoms with Crippen LogP contribution < -0.4 is 10.6 Å². The Morgan fingerprint density at radius 3 is 2.39 bits per heavy atom. The summed E-state index contributed by atoms with van der Waals surface area (Å²) in [7, 11) is 0. The molecule has 4 atom stereocenters. The lowest BCUT2D eigenvalue weighted by molar-refractivity contribution is -0.150. The first kappa shape index (κ1) is 29.1. The first-order valence-electron chi connectivity index (χ1n) is 13.5. The van der Waals surface area contributed by atoms with Crippen LogP contribution >= 0.6 is 0 Å². The lowest BCUT2D eigenvalue weighted by Gasteiger charge is -2.22. The van der Waals surface area contributed by atoms with E-state index in [0.29, 0.717) is 25.7 Å². The number of benzene rings is 2. The van der Waals surface area contributed by atoms with E-state index in [2.05, 4.69) is 10.6 Å². The summed E-state index contributed by atoms with van der Waals surface area (Å²) in [5, 5.41) is 15.5. The van der Waals surface area contributed by atoms with Gasteiger partial charge in [0, 0.05) is 6.42 Å². The second-order valence-corrected chi connectivity index (χ2v) is 10.1. The van der Waals surface area contributed by atoms with Gasteiger partial charge in [0.15, 0.2) is 0 Å². The summed E-state index contributed by atoms with van der Waals surface area (Å²) in [4.78, 5) is 38.7. The Labute approximate surface area is 225 Å². The molecule has 3 N–H and O–H groups in total. The molecule has 7 heteroatoms. The number of aliphatic hydroxyl groups excluding tert-OH is 1. The number of carbonyl (C=O) groups excluding carboxylic acids is 3. The van der Waals surface area contributed by atoms with E-state index >= 15 is 0 Å². The molecule has 0 radical (unpaired) electrons. The second kappa shape index (κ2) is 15.7. The molecule has 1 heterocycles. The molecule has 0 unspecified atom stereocenters. The molecular formula is C31H40N2O5. The van der Waals surface area contributed by atoms with E-state index in [9.17, 15) is 19.5 Å². The summed E-state index contributed by atoms with van der Waals surface area (Å²) in [5.41, 5.74) is 2.11. The van der Waals surface area contributed by atoms with E-state index in [-0.39, 0.29) is 49.4 Å². The van der Waals surface area contributed by atoms with E-state index in [1.165, 1.54) is 0 Å². The molecule has 1 aliphatic rings. The summed E-state index contributed by atoms with van der Waals surface area (Å²) in [6, 6.07) is 18.8. The second-order valence-electron chi connectivity index (χ2n) is 10.1. The van der Waals surface area contributed by atoms with E-state index in [1.54, 1.807) is 6.92 Å². The fourth-order valence-electron chi connectivity index (χ4n) is 4.64. The zero-order chi connectivity index (χ0) is 27.2. The van der Waals surface area contributed by atoms with Gasteiger partial charge in [-0.1, -0.05) is 72.8 Å². The number of aliphatic hydroxyl groups is 1. The molecule has 1 aliphatic heterocycles. The Kier molecular flexibility index (Phi) is 12.0. The van der Waals surface area contributed by atoms with Crippen molar-refractivity contribution in [3.63, 3.8) is 0 Å². The van der Waals surface area contributed by atoms with Gasteiger partial charge in [0.05, 0.1) is 30.5 Å². The summed E-state index contributed by atoms with van der Waals surface area (Å²) < 4.78 is 5.59. The molecule has 7 nitrogen and oxygen atoms in total. The summed E-state index contributed by atoms with van der Waals surface area (Å²) in [6.07, 6.45) is 7.86. The topological polar surface area (TPSA) is 105 Å². The Morgan fingerprint density at radius 1 is 1.03 bits per heavy atom. The van der Waals surface area contributed by atoms with Crippen LogP contribution in [0, 0.1) is 11.8 Å². The minimum atomic E-state index is -0.561. The molecule has 2 aromatic carbocycles. The van der Waals surface area contributed by atoms with Crippen LogP contribution in [0.4, 0.5) is 0 Å². The zero-order valence-corrected chi connectivity index (χ0v) is 22.2. The Bertz CT molecular complexity index is 1040. The lowest BCUT2D eigenvalue weighted by Crippen LogP contribution is -2.44. The van der Waals surface area contributed by atoms with E-state index in [4.69, 9.17) is 4.74 Å². The summed E-state index contributed by atoms with van der Waals surface area (Å²) in [6.45, 7) is 1.68. The largest absolute Gasteiger partial charge is 0.463 e. The third-order valence-corrected chi connectivity index (χ3v) is 6.75. The van der Waals surface area contributed by atoms with Gasteiger partial charge >= 0.3 is 5.97 Å². The highest BCUT2D eigenvalue weighted by molar-refractivity contribution is 5.86. The maximum absolute atomic E-state index is 13.0. The number of ether oxygens (including phenoxy) is 1. The molecule has 0 spiro atoms. The Balaban J connectivity index is 1.59. The molecule has 0 aliphatic carbocycles. The maximum atomic E-state index is 13.0. The molecular weight excluding hydrogens is 480 g/mol. The first-order valence-corrected chi connectivity index (χ1v) is 13.5. The summed E-state index contributed by atoms with van der Waals surface area (Å²) >= 11 is 0. The molecule has 38 heavy (non-hydrogen) atoms. The Hall–Kier alpha value is -3.45. The van der Waals surface area contributed by atoms with Crippen LogP contribution in [0.2, 0.25) is 0 Å². The van der Waals surface area contributed by atoms with E-state index < -0.39 is 12.0 Å². The van der Waals surface area contributed by atoms with Gasteiger partial charge in [0.25, 0.3) is 0 Å². The number of hydrogen-bond donors (Lipinski definition) is 3. The smallest absolute Gasteiger partial charge is 0.309 e. The zero-order valence-electron chi connectivity index (χ0n) is 22.2. The lowest BCUT2D eigenvalue weighted by atomic mass is 9.93. The van der Waals surface area contributed by atoms with Crippen molar-refractivity contribution in [2.75, 3.05) is 13.2 Å². The van der Waals surface area contributed by atoms with Gasteiger partial charge in [-0.15, -0.1) is 0 Å². The molecule has 0 saturated heterocycles. The van der Waals surface area contributed by atoms with Crippen LogP contribution in [0.25, 0.3) is 0 Å². The van der Waals surface area contributed by atoms with Gasteiger partial charge in [-0.05, 0) is 56.6 Å². The van der Waals surface area contributed by atoms with Gasteiger partial charge in [-0.2, -0.15) is 0 Å². The van der Waals surface area contributed by atoms with Crippen molar-refractivity contribution < 1.29 is 24.2 Å². The fraction of sp³-hybridized carbons (Fsp3) is 0.452. The molecule has 204 valence electrons. The van der Waals surface area contributed by atoms with Gasteiger partial charge in [-0.25, -0.2) is 0 Å². The standard InChI is InChI=1S/C31H40N2O5/c1-23-22-38-31(37)27(18-24-12-6-4-7-13-24)17-11-3-2-10-16-26(30(36)32-23)20-29(35)33-28(21-34)19-25-14-8-5-9-15-25/h2,4-10,12-15,23,26-28,34H,3,11,16-22H2,1H3,(H,32,36)(H,33,35)/t23-,26+,27+,28-/m0/s1.